The molecule has 0 radical (unpaired) electrons. The molecule has 24 heavy (non-hydrogen) atoms. The second kappa shape index (κ2) is 5.92. The van der Waals surface area contributed by atoms with Crippen LogP contribution in [-0.4, -0.2) is 67.1 Å². The number of hydrogen-bond donors (Lipinski definition) is 0. The van der Waals surface area contributed by atoms with Crippen LogP contribution in [0.4, 0.5) is 0 Å². The summed E-state index contributed by atoms with van der Waals surface area (Å²) in [4.78, 5) is 8.15. The molecule has 0 aromatic carbocycles. The minimum atomic E-state index is -3.37. The average molecular weight is 375 g/mol. The summed E-state index contributed by atoms with van der Waals surface area (Å²) in [6.07, 6.45) is 2.05. The van der Waals surface area contributed by atoms with Gasteiger partial charge in [0.25, 0.3) is 0 Å². The molecular formula is C14H21N3O5S2. The summed E-state index contributed by atoms with van der Waals surface area (Å²) in [5.74, 6) is -0.216. The van der Waals surface area contributed by atoms with E-state index < -0.39 is 24.6 Å². The number of aromatic nitrogens is 2. The highest BCUT2D eigenvalue weighted by Gasteiger charge is 2.63. The summed E-state index contributed by atoms with van der Waals surface area (Å²) in [5.41, 5.74) is 0.762. The van der Waals surface area contributed by atoms with Crippen LogP contribution in [0.3, 0.4) is 0 Å². The standard InChI is InChI=1S/C14H21N3O5S2/c1-3-24(20,21)17-9-14(10-17)12(5-7-23(14,18)19)8-22-13-15-6-4-11(2)16-13/h4,6,12H,3,5,7-10H2,1-2H3/t12-/m1/s1. The lowest BCUT2D eigenvalue weighted by molar-refractivity contribution is 0.121. The summed E-state index contributed by atoms with van der Waals surface area (Å²) in [5, 5.41) is 0. The number of hydrogen-bond acceptors (Lipinski definition) is 7. The minimum absolute atomic E-state index is 0.0220. The van der Waals surface area contributed by atoms with E-state index in [1.165, 1.54) is 4.31 Å². The Hall–Kier alpha value is -1.26. The molecule has 0 aliphatic carbocycles. The molecule has 134 valence electrons. The fourth-order valence-corrected chi connectivity index (χ4v) is 7.09. The molecule has 2 aliphatic heterocycles. The SMILES string of the molecule is CCS(=O)(=O)N1CC2(C1)[C@@H](COc1nccc(C)n1)CCS2(=O)=O. The third kappa shape index (κ3) is 2.80. The van der Waals surface area contributed by atoms with Crippen LogP contribution in [-0.2, 0) is 19.9 Å². The van der Waals surface area contributed by atoms with Gasteiger partial charge in [0.05, 0.1) is 18.1 Å². The molecule has 2 aliphatic rings. The highest BCUT2D eigenvalue weighted by Crippen LogP contribution is 2.45. The van der Waals surface area contributed by atoms with E-state index in [9.17, 15) is 16.8 Å². The van der Waals surface area contributed by atoms with Crippen molar-refractivity contribution in [1.82, 2.24) is 14.3 Å². The van der Waals surface area contributed by atoms with E-state index in [-0.39, 0.29) is 43.1 Å². The second-order valence-electron chi connectivity index (χ2n) is 6.33. The molecule has 1 atom stereocenters. The molecule has 2 fully saturated rings. The Morgan fingerprint density at radius 3 is 2.75 bits per heavy atom. The van der Waals surface area contributed by atoms with Crippen LogP contribution >= 0.6 is 0 Å². The van der Waals surface area contributed by atoms with Crippen molar-refractivity contribution in [3.05, 3.63) is 18.0 Å². The Morgan fingerprint density at radius 2 is 2.12 bits per heavy atom. The number of sulfonamides is 1. The van der Waals surface area contributed by atoms with Crippen molar-refractivity contribution < 1.29 is 21.6 Å². The smallest absolute Gasteiger partial charge is 0.316 e. The molecule has 1 aromatic rings. The summed E-state index contributed by atoms with van der Waals surface area (Å²) < 4.78 is 54.7. The van der Waals surface area contributed by atoms with Gasteiger partial charge in [0, 0.05) is 30.9 Å². The maximum atomic E-state index is 12.5. The van der Waals surface area contributed by atoms with E-state index in [0.717, 1.165) is 5.69 Å². The maximum absolute atomic E-state index is 12.5. The molecule has 0 amide bonds. The number of rotatable bonds is 5. The fourth-order valence-electron chi connectivity index (χ4n) is 3.31. The first kappa shape index (κ1) is 17.6. The Bertz CT molecular complexity index is 832. The summed E-state index contributed by atoms with van der Waals surface area (Å²) in [6, 6.07) is 1.96. The lowest BCUT2D eigenvalue weighted by Crippen LogP contribution is -2.69. The lowest BCUT2D eigenvalue weighted by Gasteiger charge is -2.48. The summed E-state index contributed by atoms with van der Waals surface area (Å²) >= 11 is 0. The van der Waals surface area contributed by atoms with E-state index >= 15 is 0 Å². The van der Waals surface area contributed by atoms with Crippen LogP contribution in [0.5, 0.6) is 6.01 Å². The fraction of sp³-hybridized carbons (Fsp3) is 0.714. The van der Waals surface area contributed by atoms with E-state index in [0.29, 0.717) is 6.42 Å². The van der Waals surface area contributed by atoms with Crippen LogP contribution in [0.15, 0.2) is 12.3 Å². The quantitative estimate of drug-likeness (QED) is 0.713. The van der Waals surface area contributed by atoms with Gasteiger partial charge in [0.2, 0.25) is 10.0 Å². The second-order valence-corrected chi connectivity index (χ2v) is 11.0. The first-order chi connectivity index (χ1) is 11.2. The lowest BCUT2D eigenvalue weighted by atomic mass is 9.85. The summed E-state index contributed by atoms with van der Waals surface area (Å²) in [6.45, 7) is 3.58. The molecule has 8 nitrogen and oxygen atoms in total. The molecule has 0 unspecified atom stereocenters. The Kier molecular flexibility index (Phi) is 4.33. The zero-order valence-corrected chi connectivity index (χ0v) is 15.3. The first-order valence-electron chi connectivity index (χ1n) is 7.83. The van der Waals surface area contributed by atoms with Crippen LogP contribution < -0.4 is 4.74 Å². The number of aryl methyl sites for hydroxylation is 1. The maximum Gasteiger partial charge on any atom is 0.316 e. The van der Waals surface area contributed by atoms with E-state index in [1.54, 1.807) is 19.2 Å². The largest absolute Gasteiger partial charge is 0.463 e. The van der Waals surface area contributed by atoms with Crippen molar-refractivity contribution >= 4 is 19.9 Å². The molecule has 0 saturated carbocycles. The van der Waals surface area contributed by atoms with Crippen LogP contribution in [0, 0.1) is 12.8 Å². The molecule has 10 heteroatoms. The van der Waals surface area contributed by atoms with E-state index in [2.05, 4.69) is 9.97 Å². The average Bonchev–Trinajstić information content (AvgIpc) is 2.74. The van der Waals surface area contributed by atoms with E-state index in [4.69, 9.17) is 4.74 Å². The van der Waals surface area contributed by atoms with Crippen LogP contribution in [0.25, 0.3) is 0 Å². The molecule has 0 N–H and O–H groups in total. The van der Waals surface area contributed by atoms with Gasteiger partial charge in [-0.3, -0.25) is 0 Å². The predicted molar refractivity (Wildman–Crippen MR) is 87.9 cm³/mol. The Balaban J connectivity index is 1.74. The van der Waals surface area contributed by atoms with Gasteiger partial charge < -0.3 is 4.74 Å². The first-order valence-corrected chi connectivity index (χ1v) is 11.1. The zero-order valence-electron chi connectivity index (χ0n) is 13.7. The monoisotopic (exact) mass is 375 g/mol. The van der Waals surface area contributed by atoms with Crippen LogP contribution in [0.2, 0.25) is 0 Å². The van der Waals surface area contributed by atoms with Gasteiger partial charge in [-0.15, -0.1) is 0 Å². The third-order valence-electron chi connectivity index (χ3n) is 4.93. The zero-order chi connectivity index (χ0) is 17.6. The van der Waals surface area contributed by atoms with Crippen molar-refractivity contribution in [3.8, 4) is 6.01 Å². The van der Waals surface area contributed by atoms with Crippen molar-refractivity contribution in [3.63, 3.8) is 0 Å². The molecular weight excluding hydrogens is 354 g/mol. The van der Waals surface area contributed by atoms with E-state index in [1.807, 2.05) is 6.92 Å². The number of ether oxygens (including phenoxy) is 1. The normalized spacial score (nSPS) is 25.5. The van der Waals surface area contributed by atoms with Crippen molar-refractivity contribution in [1.29, 1.82) is 0 Å². The van der Waals surface area contributed by atoms with Crippen LogP contribution in [0.1, 0.15) is 19.0 Å². The molecule has 3 heterocycles. The van der Waals surface area contributed by atoms with Crippen molar-refractivity contribution in [2.75, 3.05) is 31.2 Å². The van der Waals surface area contributed by atoms with Gasteiger partial charge in [0.1, 0.15) is 4.75 Å². The highest BCUT2D eigenvalue weighted by atomic mass is 32.2. The molecule has 2 saturated heterocycles. The van der Waals surface area contributed by atoms with Gasteiger partial charge >= 0.3 is 6.01 Å². The van der Waals surface area contributed by atoms with Gasteiger partial charge in [-0.05, 0) is 26.3 Å². The van der Waals surface area contributed by atoms with Crippen molar-refractivity contribution in [2.24, 2.45) is 5.92 Å². The Morgan fingerprint density at radius 1 is 1.42 bits per heavy atom. The number of sulfone groups is 1. The third-order valence-corrected chi connectivity index (χ3v) is 9.31. The number of nitrogens with zero attached hydrogens (tertiary/aromatic N) is 3. The molecule has 1 spiro atoms. The molecule has 0 bridgehead atoms. The topological polar surface area (TPSA) is 107 Å². The Labute approximate surface area is 142 Å². The van der Waals surface area contributed by atoms with Gasteiger partial charge in [0.15, 0.2) is 9.84 Å². The molecule has 3 rings (SSSR count). The van der Waals surface area contributed by atoms with Gasteiger partial charge in [-0.1, -0.05) is 0 Å². The predicted octanol–water partition coefficient (Wildman–Crippen LogP) is 0.00262. The molecule has 1 aromatic heterocycles. The minimum Gasteiger partial charge on any atom is -0.463 e. The van der Waals surface area contributed by atoms with Gasteiger partial charge in [-0.25, -0.2) is 26.8 Å². The summed E-state index contributed by atoms with van der Waals surface area (Å²) in [7, 11) is -6.71. The van der Waals surface area contributed by atoms with Crippen molar-refractivity contribution in [2.45, 2.75) is 25.0 Å². The highest BCUT2D eigenvalue weighted by molar-refractivity contribution is 7.93. The van der Waals surface area contributed by atoms with Gasteiger partial charge in [-0.2, -0.15) is 4.31 Å².